The fourth-order valence-electron chi connectivity index (χ4n) is 3.01. The van der Waals surface area contributed by atoms with Gasteiger partial charge in [-0.2, -0.15) is 0 Å². The van der Waals surface area contributed by atoms with Crippen LogP contribution < -0.4 is 21.7 Å². The zero-order valence-electron chi connectivity index (χ0n) is 15.7. The lowest BCUT2D eigenvalue weighted by Crippen LogP contribution is -2.47. The van der Waals surface area contributed by atoms with Gasteiger partial charge >= 0.3 is 0 Å². The summed E-state index contributed by atoms with van der Waals surface area (Å²) < 4.78 is 0. The van der Waals surface area contributed by atoms with E-state index in [0.29, 0.717) is 12.1 Å². The first-order valence-electron chi connectivity index (χ1n) is 9.19. The molecule has 1 fully saturated rings. The number of carbonyl (C=O) groups is 2. The molecule has 2 amide bonds. The monoisotopic (exact) mass is 395 g/mol. The summed E-state index contributed by atoms with van der Waals surface area (Å²) in [5, 5.41) is 16.2. The number of nitrogens with two attached hydrogens (primary N) is 1. The summed E-state index contributed by atoms with van der Waals surface area (Å²) in [6, 6.07) is 7.13. The Morgan fingerprint density at radius 3 is 2.41 bits per heavy atom. The highest BCUT2D eigenvalue weighted by Crippen LogP contribution is 2.17. The summed E-state index contributed by atoms with van der Waals surface area (Å²) in [5.74, 6) is -0.301. The molecule has 1 aliphatic carbocycles. The molecule has 0 aliphatic heterocycles. The molecule has 27 heavy (non-hydrogen) atoms. The van der Waals surface area contributed by atoms with Gasteiger partial charge in [-0.1, -0.05) is 43.5 Å². The normalized spacial score (nSPS) is 15.3. The molecule has 1 unspecified atom stereocenters. The van der Waals surface area contributed by atoms with Crippen molar-refractivity contribution in [2.75, 3.05) is 6.54 Å². The van der Waals surface area contributed by atoms with Crippen molar-refractivity contribution in [2.45, 2.75) is 57.7 Å². The van der Waals surface area contributed by atoms with E-state index < -0.39 is 6.04 Å². The van der Waals surface area contributed by atoms with Crippen molar-refractivity contribution in [3.05, 3.63) is 35.4 Å². The maximum atomic E-state index is 12.1. The van der Waals surface area contributed by atoms with Gasteiger partial charge in [0.15, 0.2) is 0 Å². The molecule has 1 aliphatic rings. The molecular weight excluding hydrogens is 366 g/mol. The fraction of sp³-hybridized carbons (Fsp3) is 0.526. The summed E-state index contributed by atoms with van der Waals surface area (Å²) in [6.45, 7) is 2.29. The number of amidine groups is 1. The Morgan fingerprint density at radius 1 is 1.19 bits per heavy atom. The summed E-state index contributed by atoms with van der Waals surface area (Å²) in [7, 11) is 0. The lowest BCUT2D eigenvalue weighted by atomic mass is 9.95. The molecule has 1 aromatic carbocycles. The van der Waals surface area contributed by atoms with Crippen molar-refractivity contribution in [2.24, 2.45) is 5.73 Å². The van der Waals surface area contributed by atoms with Crippen molar-refractivity contribution in [1.82, 2.24) is 16.0 Å². The molecule has 6 N–H and O–H groups in total. The largest absolute Gasteiger partial charge is 0.384 e. The first-order valence-corrected chi connectivity index (χ1v) is 9.19. The van der Waals surface area contributed by atoms with Crippen molar-refractivity contribution in [3.63, 3.8) is 0 Å². The van der Waals surface area contributed by atoms with Crippen LogP contribution in [0.25, 0.3) is 0 Å². The molecule has 0 saturated heterocycles. The second-order valence-corrected chi connectivity index (χ2v) is 6.83. The third-order valence-electron chi connectivity index (χ3n) is 4.66. The van der Waals surface area contributed by atoms with E-state index in [2.05, 4.69) is 16.0 Å². The maximum Gasteiger partial charge on any atom is 0.239 e. The fourth-order valence-corrected chi connectivity index (χ4v) is 3.01. The third-order valence-corrected chi connectivity index (χ3v) is 4.66. The molecule has 7 nitrogen and oxygen atoms in total. The highest BCUT2D eigenvalue weighted by Gasteiger charge is 2.17. The number of carbonyl (C=O) groups excluding carboxylic acids is 2. The number of nitrogen functional groups attached to an aromatic ring is 1. The van der Waals surface area contributed by atoms with Gasteiger partial charge in [0.1, 0.15) is 5.84 Å². The summed E-state index contributed by atoms with van der Waals surface area (Å²) >= 11 is 0. The van der Waals surface area contributed by atoms with Crippen molar-refractivity contribution in [3.8, 4) is 0 Å². The van der Waals surface area contributed by atoms with E-state index in [1.54, 1.807) is 19.1 Å². The SMILES string of the molecule is CC(NCc1ccc(C(=N)N)cc1)C(=O)NCC(=O)NC1CCCCC1.Cl. The standard InChI is InChI=1S/C19H29N5O2.ClH/c1-13(22-11-14-7-9-15(10-8-14)18(20)21)19(26)23-12-17(25)24-16-5-3-2-4-6-16;/h7-10,13,16,22H,2-6,11-12H2,1H3,(H3,20,21)(H,23,26)(H,24,25);1H. The Kier molecular flexibility index (Phi) is 9.82. The van der Waals surface area contributed by atoms with Crippen LogP contribution in [0.3, 0.4) is 0 Å². The average Bonchev–Trinajstić information content (AvgIpc) is 2.65. The molecule has 0 radical (unpaired) electrons. The maximum absolute atomic E-state index is 12.1. The van der Waals surface area contributed by atoms with Gasteiger partial charge in [-0.25, -0.2) is 0 Å². The number of hydrogen-bond donors (Lipinski definition) is 5. The van der Waals surface area contributed by atoms with Crippen molar-refractivity contribution in [1.29, 1.82) is 5.41 Å². The topological polar surface area (TPSA) is 120 Å². The predicted octanol–water partition coefficient (Wildman–Crippen LogP) is 1.44. The molecule has 1 atom stereocenters. The zero-order chi connectivity index (χ0) is 18.9. The Hall–Kier alpha value is -2.12. The van der Waals surface area contributed by atoms with Gasteiger partial charge in [-0.3, -0.25) is 15.0 Å². The molecule has 8 heteroatoms. The van der Waals surface area contributed by atoms with Crippen LogP contribution in [-0.2, 0) is 16.1 Å². The van der Waals surface area contributed by atoms with Crippen LogP contribution in [0, 0.1) is 5.41 Å². The summed E-state index contributed by atoms with van der Waals surface area (Å²) in [4.78, 5) is 24.0. The molecule has 0 bridgehead atoms. The van der Waals surface area contributed by atoms with E-state index in [4.69, 9.17) is 11.1 Å². The van der Waals surface area contributed by atoms with E-state index in [1.165, 1.54) is 6.42 Å². The van der Waals surface area contributed by atoms with Crippen molar-refractivity contribution >= 4 is 30.1 Å². The van der Waals surface area contributed by atoms with Crippen LogP contribution in [0.1, 0.15) is 50.2 Å². The highest BCUT2D eigenvalue weighted by atomic mass is 35.5. The summed E-state index contributed by atoms with van der Waals surface area (Å²) in [6.07, 6.45) is 5.61. The molecular formula is C19H30ClN5O2. The van der Waals surface area contributed by atoms with Gasteiger partial charge in [0.2, 0.25) is 11.8 Å². The van der Waals surface area contributed by atoms with Crippen LogP contribution in [0.5, 0.6) is 0 Å². The first-order chi connectivity index (χ1) is 12.5. The predicted molar refractivity (Wildman–Crippen MR) is 109 cm³/mol. The van der Waals surface area contributed by atoms with Gasteiger partial charge in [-0.15, -0.1) is 12.4 Å². The average molecular weight is 396 g/mol. The first kappa shape index (κ1) is 22.9. The van der Waals surface area contributed by atoms with Gasteiger partial charge in [0, 0.05) is 18.2 Å². The number of benzene rings is 1. The second-order valence-electron chi connectivity index (χ2n) is 6.83. The van der Waals surface area contributed by atoms with Gasteiger partial charge in [-0.05, 0) is 25.3 Å². The van der Waals surface area contributed by atoms with E-state index in [-0.39, 0.29) is 42.6 Å². The molecule has 0 spiro atoms. The zero-order valence-corrected chi connectivity index (χ0v) is 16.5. The molecule has 2 rings (SSSR count). The van der Waals surface area contributed by atoms with Crippen LogP contribution in [0.15, 0.2) is 24.3 Å². The van der Waals surface area contributed by atoms with Gasteiger partial charge < -0.3 is 21.7 Å². The van der Waals surface area contributed by atoms with E-state index in [9.17, 15) is 9.59 Å². The minimum atomic E-state index is -0.412. The van der Waals surface area contributed by atoms with E-state index in [0.717, 1.165) is 31.2 Å². The second kappa shape index (κ2) is 11.6. The third kappa shape index (κ3) is 7.97. The Balaban J connectivity index is 0.00000364. The minimum Gasteiger partial charge on any atom is -0.384 e. The van der Waals surface area contributed by atoms with Crippen LogP contribution in [0.2, 0.25) is 0 Å². The number of amides is 2. The Bertz CT molecular complexity index is 629. The molecule has 150 valence electrons. The molecule has 1 aromatic rings. The minimum absolute atomic E-state index is 0. The highest BCUT2D eigenvalue weighted by molar-refractivity contribution is 5.94. The Morgan fingerprint density at radius 2 is 1.81 bits per heavy atom. The lowest BCUT2D eigenvalue weighted by molar-refractivity contribution is -0.127. The van der Waals surface area contributed by atoms with Gasteiger partial charge in [0.25, 0.3) is 0 Å². The molecule has 0 heterocycles. The number of rotatable bonds is 8. The molecule has 0 aromatic heterocycles. The van der Waals surface area contributed by atoms with Crippen molar-refractivity contribution < 1.29 is 9.59 Å². The molecule has 1 saturated carbocycles. The van der Waals surface area contributed by atoms with E-state index in [1.807, 2.05) is 12.1 Å². The quantitative estimate of drug-likeness (QED) is 0.338. The van der Waals surface area contributed by atoms with Crippen LogP contribution >= 0.6 is 12.4 Å². The number of nitrogens with one attached hydrogen (secondary N) is 4. The Labute approximate surface area is 166 Å². The van der Waals surface area contributed by atoms with Gasteiger partial charge in [0.05, 0.1) is 12.6 Å². The lowest BCUT2D eigenvalue weighted by Gasteiger charge is -2.23. The smallest absolute Gasteiger partial charge is 0.239 e. The number of hydrogen-bond acceptors (Lipinski definition) is 4. The van der Waals surface area contributed by atoms with E-state index >= 15 is 0 Å². The van der Waals surface area contributed by atoms with Crippen LogP contribution in [-0.4, -0.2) is 36.3 Å². The van der Waals surface area contributed by atoms with Crippen LogP contribution in [0.4, 0.5) is 0 Å². The number of halogens is 1. The summed E-state index contributed by atoms with van der Waals surface area (Å²) in [5.41, 5.74) is 7.08.